The van der Waals surface area contributed by atoms with Gasteiger partial charge in [0.2, 0.25) is 0 Å². The smallest absolute Gasteiger partial charge is 0.105 e. The van der Waals surface area contributed by atoms with Gasteiger partial charge in [-0.2, -0.15) is 0 Å². The minimum Gasteiger partial charge on any atom is -0.466 e. The molecule has 1 aromatic heterocycles. The van der Waals surface area contributed by atoms with Gasteiger partial charge in [0.15, 0.2) is 0 Å². The zero-order valence-corrected chi connectivity index (χ0v) is 8.61. The normalized spacial score (nSPS) is 16.5. The molecule has 13 heavy (non-hydrogen) atoms. The van der Waals surface area contributed by atoms with Crippen LogP contribution in [0.1, 0.15) is 35.5 Å². The predicted octanol–water partition coefficient (Wildman–Crippen LogP) is 2.46. The number of hydrogen-bond acceptors (Lipinski definition) is 2. The van der Waals surface area contributed by atoms with E-state index >= 15 is 0 Å². The molecule has 1 aromatic rings. The Kier molecular flexibility index (Phi) is 2.16. The van der Waals surface area contributed by atoms with Crippen molar-refractivity contribution in [2.24, 2.45) is 0 Å². The first-order valence-corrected chi connectivity index (χ1v) is 4.97. The second-order valence-electron chi connectivity index (χ2n) is 3.97. The minimum absolute atomic E-state index is 0.772. The van der Waals surface area contributed by atoms with Gasteiger partial charge in [0.25, 0.3) is 0 Å². The molecular formula is C11H17NO. The Labute approximate surface area is 79.3 Å². The van der Waals surface area contributed by atoms with Crippen molar-refractivity contribution in [1.82, 2.24) is 5.32 Å². The van der Waals surface area contributed by atoms with Crippen LogP contribution in [-0.2, 0) is 6.54 Å². The van der Waals surface area contributed by atoms with Crippen LogP contribution in [0.25, 0.3) is 0 Å². The lowest BCUT2D eigenvalue weighted by Crippen LogP contribution is -2.16. The van der Waals surface area contributed by atoms with Crippen molar-refractivity contribution in [3.05, 3.63) is 22.6 Å². The van der Waals surface area contributed by atoms with E-state index in [0.29, 0.717) is 0 Å². The lowest BCUT2D eigenvalue weighted by Gasteiger charge is -2.02. The third kappa shape index (κ3) is 1.78. The summed E-state index contributed by atoms with van der Waals surface area (Å²) in [5, 5.41) is 3.51. The molecule has 0 atom stereocenters. The molecule has 1 N–H and O–H groups in total. The summed E-state index contributed by atoms with van der Waals surface area (Å²) in [6.07, 6.45) is 2.68. The van der Waals surface area contributed by atoms with E-state index in [1.54, 1.807) is 0 Å². The van der Waals surface area contributed by atoms with Crippen molar-refractivity contribution in [2.75, 3.05) is 0 Å². The molecule has 1 aliphatic rings. The van der Waals surface area contributed by atoms with Crippen LogP contribution in [-0.4, -0.2) is 6.04 Å². The first-order valence-electron chi connectivity index (χ1n) is 4.97. The number of nitrogens with one attached hydrogen (secondary N) is 1. The fourth-order valence-electron chi connectivity index (χ4n) is 1.64. The SMILES string of the molecule is Cc1oc(C)c(CNC2CC2)c1C. The Balaban J connectivity index is 2.08. The third-order valence-electron chi connectivity index (χ3n) is 2.86. The van der Waals surface area contributed by atoms with E-state index in [-0.39, 0.29) is 0 Å². The molecule has 0 spiro atoms. The minimum atomic E-state index is 0.772. The molecule has 0 unspecified atom stereocenters. The number of hydrogen-bond donors (Lipinski definition) is 1. The van der Waals surface area contributed by atoms with Crippen molar-refractivity contribution in [3.8, 4) is 0 Å². The standard InChI is InChI=1S/C11H17NO/c1-7-8(2)13-9(3)11(7)6-12-10-4-5-10/h10,12H,4-6H2,1-3H3. The fraction of sp³-hybridized carbons (Fsp3) is 0.636. The lowest BCUT2D eigenvalue weighted by atomic mass is 10.1. The largest absolute Gasteiger partial charge is 0.466 e. The fourth-order valence-corrected chi connectivity index (χ4v) is 1.64. The summed E-state index contributed by atoms with van der Waals surface area (Å²) in [7, 11) is 0. The third-order valence-corrected chi connectivity index (χ3v) is 2.86. The quantitative estimate of drug-likeness (QED) is 0.771. The van der Waals surface area contributed by atoms with E-state index in [1.165, 1.54) is 24.0 Å². The van der Waals surface area contributed by atoms with Crippen LogP contribution < -0.4 is 5.32 Å². The zero-order valence-electron chi connectivity index (χ0n) is 8.61. The van der Waals surface area contributed by atoms with Crippen LogP contribution >= 0.6 is 0 Å². The first kappa shape index (κ1) is 8.82. The molecule has 1 aliphatic carbocycles. The molecule has 1 saturated carbocycles. The van der Waals surface area contributed by atoms with E-state index in [4.69, 9.17) is 4.42 Å². The molecule has 0 aromatic carbocycles. The summed E-state index contributed by atoms with van der Waals surface area (Å²) >= 11 is 0. The molecule has 1 fully saturated rings. The molecule has 2 heteroatoms. The van der Waals surface area contributed by atoms with Gasteiger partial charge in [-0.3, -0.25) is 0 Å². The predicted molar refractivity (Wildman–Crippen MR) is 52.8 cm³/mol. The van der Waals surface area contributed by atoms with Gasteiger partial charge in [0.05, 0.1) is 0 Å². The Morgan fingerprint density at radius 2 is 1.92 bits per heavy atom. The van der Waals surface area contributed by atoms with Crippen LogP contribution in [0.2, 0.25) is 0 Å². The van der Waals surface area contributed by atoms with E-state index in [0.717, 1.165) is 24.1 Å². The summed E-state index contributed by atoms with van der Waals surface area (Å²) in [6, 6.07) is 0.772. The van der Waals surface area contributed by atoms with Crippen molar-refractivity contribution in [1.29, 1.82) is 0 Å². The highest BCUT2D eigenvalue weighted by Gasteiger charge is 2.21. The molecular weight excluding hydrogens is 162 g/mol. The highest BCUT2D eigenvalue weighted by molar-refractivity contribution is 5.31. The average molecular weight is 179 g/mol. The van der Waals surface area contributed by atoms with Crippen LogP contribution in [0.4, 0.5) is 0 Å². The van der Waals surface area contributed by atoms with Crippen molar-refractivity contribution in [3.63, 3.8) is 0 Å². The zero-order chi connectivity index (χ0) is 9.42. The van der Waals surface area contributed by atoms with Gasteiger partial charge in [0.1, 0.15) is 11.5 Å². The molecule has 0 saturated heterocycles. The maximum absolute atomic E-state index is 5.56. The maximum atomic E-state index is 5.56. The summed E-state index contributed by atoms with van der Waals surface area (Å²) in [5.41, 5.74) is 2.66. The Hall–Kier alpha value is -0.760. The summed E-state index contributed by atoms with van der Waals surface area (Å²) in [4.78, 5) is 0. The number of furan rings is 1. The Morgan fingerprint density at radius 1 is 1.23 bits per heavy atom. The number of aryl methyl sites for hydroxylation is 2. The molecule has 0 aliphatic heterocycles. The molecule has 0 radical (unpaired) electrons. The van der Waals surface area contributed by atoms with Crippen LogP contribution in [0.5, 0.6) is 0 Å². The summed E-state index contributed by atoms with van der Waals surface area (Å²) in [6.45, 7) is 7.18. The van der Waals surface area contributed by atoms with Gasteiger partial charge in [-0.1, -0.05) is 0 Å². The average Bonchev–Trinajstić information content (AvgIpc) is 2.84. The molecule has 0 amide bonds. The van der Waals surface area contributed by atoms with Gasteiger partial charge >= 0.3 is 0 Å². The van der Waals surface area contributed by atoms with Crippen LogP contribution in [0, 0.1) is 20.8 Å². The van der Waals surface area contributed by atoms with E-state index in [9.17, 15) is 0 Å². The Bertz CT molecular complexity index is 310. The van der Waals surface area contributed by atoms with Gasteiger partial charge in [0, 0.05) is 18.2 Å². The van der Waals surface area contributed by atoms with Gasteiger partial charge in [-0.25, -0.2) is 0 Å². The second kappa shape index (κ2) is 3.18. The van der Waals surface area contributed by atoms with Gasteiger partial charge in [-0.05, 0) is 39.2 Å². The van der Waals surface area contributed by atoms with Gasteiger partial charge < -0.3 is 9.73 Å². The summed E-state index contributed by atoms with van der Waals surface area (Å²) < 4.78 is 5.56. The second-order valence-corrected chi connectivity index (χ2v) is 3.97. The summed E-state index contributed by atoms with van der Waals surface area (Å²) in [5.74, 6) is 2.13. The van der Waals surface area contributed by atoms with E-state index < -0.39 is 0 Å². The van der Waals surface area contributed by atoms with Crippen molar-refractivity contribution in [2.45, 2.75) is 46.2 Å². The van der Waals surface area contributed by atoms with E-state index in [1.807, 2.05) is 13.8 Å². The first-order chi connectivity index (χ1) is 6.18. The highest BCUT2D eigenvalue weighted by Crippen LogP contribution is 2.23. The molecule has 2 rings (SSSR count). The topological polar surface area (TPSA) is 25.2 Å². The van der Waals surface area contributed by atoms with Crippen LogP contribution in [0.15, 0.2) is 4.42 Å². The highest BCUT2D eigenvalue weighted by atomic mass is 16.3. The molecule has 1 heterocycles. The lowest BCUT2D eigenvalue weighted by molar-refractivity contribution is 0.497. The van der Waals surface area contributed by atoms with E-state index in [2.05, 4.69) is 12.2 Å². The molecule has 72 valence electrons. The van der Waals surface area contributed by atoms with Crippen molar-refractivity contribution < 1.29 is 4.42 Å². The van der Waals surface area contributed by atoms with Crippen LogP contribution in [0.3, 0.4) is 0 Å². The molecule has 2 nitrogen and oxygen atoms in total. The van der Waals surface area contributed by atoms with Crippen molar-refractivity contribution >= 4 is 0 Å². The monoisotopic (exact) mass is 179 g/mol. The molecule has 0 bridgehead atoms. The number of rotatable bonds is 3. The maximum Gasteiger partial charge on any atom is 0.105 e. The van der Waals surface area contributed by atoms with Gasteiger partial charge in [-0.15, -0.1) is 0 Å². The Morgan fingerprint density at radius 3 is 2.38 bits per heavy atom.